The van der Waals surface area contributed by atoms with Crippen LogP contribution < -0.4 is 4.74 Å². The minimum atomic E-state index is -1.19. The summed E-state index contributed by atoms with van der Waals surface area (Å²) in [5, 5.41) is 17.9. The summed E-state index contributed by atoms with van der Waals surface area (Å²) in [5.74, 6) is -2.46. The SMILES string of the molecule is CCCCOc1c(C(=O)O)cccc1C(=O)O. The van der Waals surface area contributed by atoms with Crippen molar-refractivity contribution in [1.29, 1.82) is 0 Å². The lowest BCUT2D eigenvalue weighted by Crippen LogP contribution is -2.09. The molecule has 0 heterocycles. The van der Waals surface area contributed by atoms with E-state index in [1.807, 2.05) is 6.92 Å². The van der Waals surface area contributed by atoms with Crippen molar-refractivity contribution >= 4 is 11.9 Å². The Balaban J connectivity index is 3.10. The fraction of sp³-hybridized carbons (Fsp3) is 0.333. The molecule has 0 aliphatic carbocycles. The maximum atomic E-state index is 11.0. The zero-order valence-electron chi connectivity index (χ0n) is 9.47. The molecule has 2 N–H and O–H groups in total. The molecule has 5 nitrogen and oxygen atoms in total. The third-order valence-electron chi connectivity index (χ3n) is 2.22. The van der Waals surface area contributed by atoms with E-state index in [-0.39, 0.29) is 16.9 Å². The maximum absolute atomic E-state index is 11.0. The molecular formula is C12H14O5. The van der Waals surface area contributed by atoms with Gasteiger partial charge in [0.15, 0.2) is 0 Å². The predicted octanol–water partition coefficient (Wildman–Crippen LogP) is 2.26. The molecule has 5 heteroatoms. The van der Waals surface area contributed by atoms with Crippen LogP contribution in [0, 0.1) is 0 Å². The van der Waals surface area contributed by atoms with Crippen LogP contribution in [0.4, 0.5) is 0 Å². The number of carboxylic acids is 2. The van der Waals surface area contributed by atoms with Gasteiger partial charge in [-0.2, -0.15) is 0 Å². The number of unbranched alkanes of at least 4 members (excludes halogenated alkanes) is 1. The lowest BCUT2D eigenvalue weighted by molar-refractivity contribution is 0.0688. The summed E-state index contributed by atoms with van der Waals surface area (Å²) in [5.41, 5.74) is -0.248. The first-order valence-electron chi connectivity index (χ1n) is 5.30. The van der Waals surface area contributed by atoms with Gasteiger partial charge in [-0.3, -0.25) is 0 Å². The van der Waals surface area contributed by atoms with E-state index >= 15 is 0 Å². The second-order valence-electron chi connectivity index (χ2n) is 3.49. The lowest BCUT2D eigenvalue weighted by atomic mass is 10.1. The van der Waals surface area contributed by atoms with E-state index < -0.39 is 11.9 Å². The molecule has 0 aromatic heterocycles. The fourth-order valence-corrected chi connectivity index (χ4v) is 1.35. The number of para-hydroxylation sites is 1. The van der Waals surface area contributed by atoms with Gasteiger partial charge in [-0.1, -0.05) is 19.4 Å². The van der Waals surface area contributed by atoms with Gasteiger partial charge >= 0.3 is 11.9 Å². The summed E-state index contributed by atoms with van der Waals surface area (Å²) in [7, 11) is 0. The van der Waals surface area contributed by atoms with E-state index in [1.165, 1.54) is 18.2 Å². The molecule has 0 aliphatic rings. The minimum Gasteiger partial charge on any atom is -0.492 e. The van der Waals surface area contributed by atoms with Crippen molar-refractivity contribution in [3.8, 4) is 5.75 Å². The van der Waals surface area contributed by atoms with Gasteiger partial charge in [0.25, 0.3) is 0 Å². The number of carbonyl (C=O) groups is 2. The first-order chi connectivity index (χ1) is 8.07. The molecule has 92 valence electrons. The van der Waals surface area contributed by atoms with Gasteiger partial charge in [0.1, 0.15) is 16.9 Å². The molecular weight excluding hydrogens is 224 g/mol. The molecule has 0 saturated heterocycles. The number of hydrogen-bond acceptors (Lipinski definition) is 3. The largest absolute Gasteiger partial charge is 0.492 e. The van der Waals surface area contributed by atoms with Crippen molar-refractivity contribution in [3.63, 3.8) is 0 Å². The standard InChI is InChI=1S/C12H14O5/c1-2-3-7-17-10-8(11(13)14)5-4-6-9(10)12(15)16/h4-6H,2-3,7H2,1H3,(H,13,14)(H,15,16). The van der Waals surface area contributed by atoms with Crippen LogP contribution in [0.15, 0.2) is 18.2 Å². The molecule has 0 amide bonds. The monoisotopic (exact) mass is 238 g/mol. The van der Waals surface area contributed by atoms with Crippen LogP contribution in [0.5, 0.6) is 5.75 Å². The molecule has 0 fully saturated rings. The van der Waals surface area contributed by atoms with E-state index in [4.69, 9.17) is 14.9 Å². The van der Waals surface area contributed by atoms with Crippen molar-refractivity contribution in [1.82, 2.24) is 0 Å². The van der Waals surface area contributed by atoms with E-state index in [1.54, 1.807) is 0 Å². The molecule has 0 radical (unpaired) electrons. The Morgan fingerprint density at radius 2 is 1.71 bits per heavy atom. The molecule has 1 aromatic rings. The van der Waals surface area contributed by atoms with Crippen molar-refractivity contribution in [2.45, 2.75) is 19.8 Å². The first kappa shape index (κ1) is 13.0. The van der Waals surface area contributed by atoms with E-state index in [0.29, 0.717) is 6.61 Å². The van der Waals surface area contributed by atoms with E-state index in [0.717, 1.165) is 12.8 Å². The Kier molecular flexibility index (Phi) is 4.51. The Morgan fingerprint density at radius 3 is 2.12 bits per heavy atom. The number of benzene rings is 1. The highest BCUT2D eigenvalue weighted by molar-refractivity contribution is 5.98. The highest BCUT2D eigenvalue weighted by Crippen LogP contribution is 2.24. The number of carboxylic acid groups (broad SMARTS) is 2. The van der Waals surface area contributed by atoms with Gasteiger partial charge < -0.3 is 14.9 Å². The number of hydrogen-bond donors (Lipinski definition) is 2. The van der Waals surface area contributed by atoms with Gasteiger partial charge in [0.05, 0.1) is 6.61 Å². The Hall–Kier alpha value is -2.04. The predicted molar refractivity (Wildman–Crippen MR) is 60.8 cm³/mol. The van der Waals surface area contributed by atoms with Crippen molar-refractivity contribution < 1.29 is 24.5 Å². The van der Waals surface area contributed by atoms with Gasteiger partial charge in [0.2, 0.25) is 0 Å². The zero-order chi connectivity index (χ0) is 12.8. The molecule has 0 aliphatic heterocycles. The van der Waals surface area contributed by atoms with Gasteiger partial charge in [-0.05, 0) is 18.6 Å². The summed E-state index contributed by atoms with van der Waals surface area (Å²) >= 11 is 0. The van der Waals surface area contributed by atoms with E-state index in [2.05, 4.69) is 0 Å². The third-order valence-corrected chi connectivity index (χ3v) is 2.22. The van der Waals surface area contributed by atoms with Gasteiger partial charge in [-0.15, -0.1) is 0 Å². The lowest BCUT2D eigenvalue weighted by Gasteiger charge is -2.11. The molecule has 0 bridgehead atoms. The normalized spacial score (nSPS) is 9.94. The van der Waals surface area contributed by atoms with Crippen LogP contribution in [0.2, 0.25) is 0 Å². The second kappa shape index (κ2) is 5.89. The number of ether oxygens (including phenoxy) is 1. The smallest absolute Gasteiger partial charge is 0.339 e. The van der Waals surface area contributed by atoms with Crippen LogP contribution in [-0.2, 0) is 0 Å². The topological polar surface area (TPSA) is 83.8 Å². The van der Waals surface area contributed by atoms with Crippen LogP contribution in [0.1, 0.15) is 40.5 Å². The number of rotatable bonds is 6. The highest BCUT2D eigenvalue weighted by atomic mass is 16.5. The fourth-order valence-electron chi connectivity index (χ4n) is 1.35. The van der Waals surface area contributed by atoms with Crippen molar-refractivity contribution in [2.24, 2.45) is 0 Å². The quantitative estimate of drug-likeness (QED) is 0.742. The molecule has 1 rings (SSSR count). The summed E-state index contributed by atoms with van der Waals surface area (Å²) < 4.78 is 5.27. The summed E-state index contributed by atoms with van der Waals surface area (Å²) in [6.45, 7) is 2.27. The third kappa shape index (κ3) is 3.21. The Morgan fingerprint density at radius 1 is 1.18 bits per heavy atom. The van der Waals surface area contributed by atoms with Gasteiger partial charge in [-0.25, -0.2) is 9.59 Å². The van der Waals surface area contributed by atoms with Crippen molar-refractivity contribution in [2.75, 3.05) is 6.61 Å². The average molecular weight is 238 g/mol. The Labute approximate surface area is 98.6 Å². The zero-order valence-corrected chi connectivity index (χ0v) is 9.47. The van der Waals surface area contributed by atoms with Crippen LogP contribution in [0.3, 0.4) is 0 Å². The van der Waals surface area contributed by atoms with Crippen molar-refractivity contribution in [3.05, 3.63) is 29.3 Å². The molecule has 1 aromatic carbocycles. The minimum absolute atomic E-state index is 0.0686. The second-order valence-corrected chi connectivity index (χ2v) is 3.49. The summed E-state index contributed by atoms with van der Waals surface area (Å²) in [6, 6.07) is 4.05. The highest BCUT2D eigenvalue weighted by Gasteiger charge is 2.19. The van der Waals surface area contributed by atoms with Crippen LogP contribution >= 0.6 is 0 Å². The molecule has 0 saturated carbocycles. The molecule has 17 heavy (non-hydrogen) atoms. The van der Waals surface area contributed by atoms with Crippen LogP contribution in [0.25, 0.3) is 0 Å². The van der Waals surface area contributed by atoms with E-state index in [9.17, 15) is 9.59 Å². The van der Waals surface area contributed by atoms with Gasteiger partial charge in [0, 0.05) is 0 Å². The first-order valence-corrected chi connectivity index (χ1v) is 5.30. The average Bonchev–Trinajstić information content (AvgIpc) is 2.28. The summed E-state index contributed by atoms with van der Waals surface area (Å²) in [6.07, 6.45) is 1.63. The molecule has 0 unspecified atom stereocenters. The number of aromatic carboxylic acids is 2. The Bertz CT molecular complexity index is 393. The molecule has 0 atom stereocenters. The summed E-state index contributed by atoms with van der Waals surface area (Å²) in [4.78, 5) is 21.9. The molecule has 0 spiro atoms. The van der Waals surface area contributed by atoms with Crippen LogP contribution in [-0.4, -0.2) is 28.8 Å². The maximum Gasteiger partial charge on any atom is 0.339 e.